The molecule has 0 N–H and O–H groups in total. The summed E-state index contributed by atoms with van der Waals surface area (Å²) < 4.78 is 15.9. The second-order valence-electron chi connectivity index (χ2n) is 4.58. The van der Waals surface area contributed by atoms with Crippen LogP contribution < -0.4 is 0 Å². The van der Waals surface area contributed by atoms with Gasteiger partial charge in [0, 0.05) is 5.02 Å². The van der Waals surface area contributed by atoms with E-state index < -0.39 is 0 Å². The molecule has 0 bridgehead atoms. The Labute approximate surface area is 125 Å². The van der Waals surface area contributed by atoms with Crippen molar-refractivity contribution < 1.29 is 4.39 Å². The van der Waals surface area contributed by atoms with Gasteiger partial charge in [-0.2, -0.15) is 0 Å². The first-order valence-electron chi connectivity index (χ1n) is 6.09. The zero-order chi connectivity index (χ0) is 14.3. The highest BCUT2D eigenvalue weighted by molar-refractivity contribution is 6.31. The molecule has 5 heteroatoms. The Morgan fingerprint density at radius 1 is 1.20 bits per heavy atom. The Balaban J connectivity index is 2.39. The predicted molar refractivity (Wildman–Crippen MR) is 80.3 cm³/mol. The average Bonchev–Trinajstić information content (AvgIpc) is 2.79. The van der Waals surface area contributed by atoms with E-state index in [9.17, 15) is 4.39 Å². The predicted octanol–water partition coefficient (Wildman–Crippen LogP) is 4.87. The van der Waals surface area contributed by atoms with Crippen molar-refractivity contribution in [2.75, 3.05) is 0 Å². The van der Waals surface area contributed by atoms with Crippen LogP contribution in [0.1, 0.15) is 11.4 Å². The number of aromatic nitrogens is 2. The first-order chi connectivity index (χ1) is 9.60. The quantitative estimate of drug-likeness (QED) is 0.618. The normalized spacial score (nSPS) is 11.2. The molecule has 2 nitrogen and oxygen atoms in total. The minimum Gasteiger partial charge on any atom is -0.292 e. The van der Waals surface area contributed by atoms with Crippen molar-refractivity contribution in [2.24, 2.45) is 0 Å². The van der Waals surface area contributed by atoms with Gasteiger partial charge in [0.15, 0.2) is 0 Å². The maximum atomic E-state index is 14.2. The van der Waals surface area contributed by atoms with Crippen molar-refractivity contribution >= 4 is 34.2 Å². The van der Waals surface area contributed by atoms with Crippen LogP contribution in [-0.4, -0.2) is 9.55 Å². The highest BCUT2D eigenvalue weighted by Gasteiger charge is 2.15. The van der Waals surface area contributed by atoms with E-state index in [0.717, 1.165) is 16.6 Å². The summed E-state index contributed by atoms with van der Waals surface area (Å²) in [7, 11) is 0. The number of nitrogens with zero attached hydrogens (tertiary/aromatic N) is 2. The van der Waals surface area contributed by atoms with E-state index in [4.69, 9.17) is 23.2 Å². The molecule has 2 aromatic carbocycles. The zero-order valence-corrected chi connectivity index (χ0v) is 12.2. The smallest absolute Gasteiger partial charge is 0.147 e. The Kier molecular flexibility index (Phi) is 3.40. The number of imidazole rings is 1. The Morgan fingerprint density at radius 2 is 2.00 bits per heavy atom. The van der Waals surface area contributed by atoms with Crippen molar-refractivity contribution in [1.29, 1.82) is 0 Å². The molecule has 0 radical (unpaired) electrons. The fourth-order valence-corrected chi connectivity index (χ4v) is 2.60. The second-order valence-corrected chi connectivity index (χ2v) is 5.29. The van der Waals surface area contributed by atoms with E-state index >= 15 is 0 Å². The number of hydrogen-bond acceptors (Lipinski definition) is 1. The Morgan fingerprint density at radius 3 is 2.75 bits per heavy atom. The van der Waals surface area contributed by atoms with Gasteiger partial charge in [0.25, 0.3) is 0 Å². The number of hydrogen-bond donors (Lipinski definition) is 0. The van der Waals surface area contributed by atoms with E-state index in [0.29, 0.717) is 16.5 Å². The third-order valence-corrected chi connectivity index (χ3v) is 3.62. The number of alkyl halides is 1. The van der Waals surface area contributed by atoms with Crippen LogP contribution in [0.3, 0.4) is 0 Å². The van der Waals surface area contributed by atoms with E-state index in [2.05, 4.69) is 4.98 Å². The molecule has 0 unspecified atom stereocenters. The van der Waals surface area contributed by atoms with Crippen LogP contribution in [0.15, 0.2) is 36.4 Å². The highest BCUT2D eigenvalue weighted by atomic mass is 35.5. The molecule has 1 aromatic heterocycles. The largest absolute Gasteiger partial charge is 0.292 e. The first kappa shape index (κ1) is 13.4. The molecule has 0 spiro atoms. The molecule has 0 aliphatic carbocycles. The van der Waals surface area contributed by atoms with Gasteiger partial charge < -0.3 is 0 Å². The number of halogens is 3. The van der Waals surface area contributed by atoms with Gasteiger partial charge in [-0.25, -0.2) is 9.37 Å². The molecule has 0 fully saturated rings. The fourth-order valence-electron chi connectivity index (χ4n) is 2.25. The van der Waals surface area contributed by atoms with Crippen LogP contribution in [0, 0.1) is 12.7 Å². The van der Waals surface area contributed by atoms with Crippen LogP contribution in [0.5, 0.6) is 0 Å². The molecular formula is C15H11Cl2FN2. The molecule has 20 heavy (non-hydrogen) atoms. The van der Waals surface area contributed by atoms with Crippen molar-refractivity contribution in [1.82, 2.24) is 9.55 Å². The van der Waals surface area contributed by atoms with E-state index in [1.165, 1.54) is 6.07 Å². The van der Waals surface area contributed by atoms with Crippen molar-refractivity contribution in [3.63, 3.8) is 0 Å². The zero-order valence-electron chi connectivity index (χ0n) is 10.7. The summed E-state index contributed by atoms with van der Waals surface area (Å²) in [6.45, 7) is 1.91. The Hall–Kier alpha value is -1.58. The van der Waals surface area contributed by atoms with Gasteiger partial charge in [0.1, 0.15) is 11.6 Å². The lowest BCUT2D eigenvalue weighted by atomic mass is 10.2. The lowest BCUT2D eigenvalue weighted by Crippen LogP contribution is -2.02. The van der Waals surface area contributed by atoms with Gasteiger partial charge in [-0.1, -0.05) is 17.7 Å². The number of rotatable bonds is 2. The van der Waals surface area contributed by atoms with Crippen LogP contribution in [0.4, 0.5) is 4.39 Å². The maximum Gasteiger partial charge on any atom is 0.147 e. The first-order valence-corrected chi connectivity index (χ1v) is 7.01. The lowest BCUT2D eigenvalue weighted by molar-refractivity contribution is 0.617. The highest BCUT2D eigenvalue weighted by Crippen LogP contribution is 2.27. The minimum atomic E-state index is -0.318. The van der Waals surface area contributed by atoms with Crippen LogP contribution in [0.25, 0.3) is 16.7 Å². The number of fused-ring (bicyclic) bond motifs is 1. The fraction of sp³-hybridized carbons (Fsp3) is 0.133. The van der Waals surface area contributed by atoms with Gasteiger partial charge in [-0.15, -0.1) is 11.6 Å². The molecule has 3 rings (SSSR count). The molecule has 0 aliphatic heterocycles. The van der Waals surface area contributed by atoms with Gasteiger partial charge in [0.2, 0.25) is 0 Å². The van der Waals surface area contributed by atoms with E-state index in [1.807, 2.05) is 6.92 Å². The third-order valence-electron chi connectivity index (χ3n) is 3.15. The van der Waals surface area contributed by atoms with Crippen LogP contribution in [-0.2, 0) is 5.88 Å². The van der Waals surface area contributed by atoms with Gasteiger partial charge in [-0.3, -0.25) is 4.57 Å². The molecule has 0 aliphatic rings. The van der Waals surface area contributed by atoms with Crippen LogP contribution >= 0.6 is 23.2 Å². The van der Waals surface area contributed by atoms with Gasteiger partial charge in [0.05, 0.1) is 22.6 Å². The average molecular weight is 309 g/mol. The number of benzene rings is 2. The third kappa shape index (κ3) is 2.17. The van der Waals surface area contributed by atoms with Crippen molar-refractivity contribution in [3.8, 4) is 5.69 Å². The molecular weight excluding hydrogens is 298 g/mol. The SMILES string of the molecule is Cc1ccc(F)c(-n2c(CCl)nc3ccc(Cl)cc32)c1. The summed E-state index contributed by atoms with van der Waals surface area (Å²) in [5.41, 5.74) is 2.89. The molecule has 0 saturated heterocycles. The molecule has 0 saturated carbocycles. The summed E-state index contributed by atoms with van der Waals surface area (Å²) in [5.74, 6) is 0.467. The molecule has 102 valence electrons. The lowest BCUT2D eigenvalue weighted by Gasteiger charge is -2.10. The second kappa shape index (κ2) is 5.08. The minimum absolute atomic E-state index is 0.194. The Bertz CT molecular complexity index is 796. The van der Waals surface area contributed by atoms with Gasteiger partial charge in [-0.05, 0) is 42.8 Å². The molecule has 3 aromatic rings. The summed E-state index contributed by atoms with van der Waals surface area (Å²) in [6.07, 6.45) is 0. The van der Waals surface area contributed by atoms with Gasteiger partial charge >= 0.3 is 0 Å². The maximum absolute atomic E-state index is 14.2. The standard InChI is InChI=1S/C15H11Cl2FN2/c1-9-2-4-11(18)13(6-9)20-14-7-10(17)3-5-12(14)19-15(20)8-16/h2-7H,8H2,1H3. The summed E-state index contributed by atoms with van der Waals surface area (Å²) in [6, 6.07) is 10.3. The summed E-state index contributed by atoms with van der Waals surface area (Å²) in [5, 5.41) is 0.577. The van der Waals surface area contributed by atoms with E-state index in [-0.39, 0.29) is 11.7 Å². The molecule has 0 atom stereocenters. The summed E-state index contributed by atoms with van der Waals surface area (Å²) in [4.78, 5) is 4.43. The van der Waals surface area contributed by atoms with Crippen LogP contribution in [0.2, 0.25) is 5.02 Å². The van der Waals surface area contributed by atoms with Crippen molar-refractivity contribution in [2.45, 2.75) is 12.8 Å². The number of aryl methyl sites for hydroxylation is 1. The molecule has 1 heterocycles. The summed E-state index contributed by atoms with van der Waals surface area (Å²) >= 11 is 12.0. The van der Waals surface area contributed by atoms with Crippen molar-refractivity contribution in [3.05, 3.63) is 58.6 Å². The topological polar surface area (TPSA) is 17.8 Å². The van der Waals surface area contributed by atoms with E-state index in [1.54, 1.807) is 34.9 Å². The molecule has 0 amide bonds. The monoisotopic (exact) mass is 308 g/mol.